The Balaban J connectivity index is 2.30. The van der Waals surface area contributed by atoms with Gasteiger partial charge in [0, 0.05) is 17.7 Å². The van der Waals surface area contributed by atoms with Crippen LogP contribution in [0.5, 0.6) is 0 Å². The van der Waals surface area contributed by atoms with E-state index in [2.05, 4.69) is 5.32 Å². The summed E-state index contributed by atoms with van der Waals surface area (Å²) in [5.74, 6) is -0.693. The van der Waals surface area contributed by atoms with Crippen LogP contribution in [0.15, 0.2) is 48.5 Å². The number of rotatable bonds is 11. The highest BCUT2D eigenvalue weighted by Gasteiger charge is 2.26. The van der Waals surface area contributed by atoms with E-state index >= 15 is 0 Å². The molecule has 168 valence electrons. The van der Waals surface area contributed by atoms with Gasteiger partial charge in [-0.3, -0.25) is 9.59 Å². The van der Waals surface area contributed by atoms with Crippen LogP contribution in [0.2, 0.25) is 0 Å². The van der Waals surface area contributed by atoms with Crippen molar-refractivity contribution in [3.63, 3.8) is 0 Å². The molecule has 2 aromatic rings. The fraction of sp³-hybridized carbons (Fsp3) is 0.440. The maximum atomic E-state index is 12.3. The fourth-order valence-corrected chi connectivity index (χ4v) is 3.27. The molecule has 31 heavy (non-hydrogen) atoms. The Labute approximate surface area is 183 Å². The second-order valence-corrected chi connectivity index (χ2v) is 8.84. The molecule has 0 aromatic heterocycles. The van der Waals surface area contributed by atoms with Crippen molar-refractivity contribution in [2.75, 3.05) is 13.2 Å². The summed E-state index contributed by atoms with van der Waals surface area (Å²) < 4.78 is 0. The van der Waals surface area contributed by atoms with Gasteiger partial charge in [0.05, 0.1) is 6.04 Å². The molecule has 0 atom stereocenters. The summed E-state index contributed by atoms with van der Waals surface area (Å²) in [7, 11) is 0. The van der Waals surface area contributed by atoms with Crippen LogP contribution >= 0.6 is 0 Å². The first-order valence-corrected chi connectivity index (χ1v) is 10.5. The Morgan fingerprint density at radius 1 is 0.774 bits per heavy atom. The standard InChI is InChI=1S/C25H33NO5/c1-24(2,30)22(28)19-11-7-17(8-12-19)21(26-15-5-6-16-27)18-9-13-20(14-10-18)23(29)25(3,4)31/h7-14,21,26-27,30-31H,5-6,15-16H2,1-4H3. The van der Waals surface area contributed by atoms with Crippen molar-refractivity contribution >= 4 is 11.6 Å². The van der Waals surface area contributed by atoms with Crippen molar-refractivity contribution in [3.05, 3.63) is 70.8 Å². The second-order valence-electron chi connectivity index (χ2n) is 8.84. The molecule has 0 amide bonds. The molecule has 0 fully saturated rings. The van der Waals surface area contributed by atoms with Crippen molar-refractivity contribution in [2.45, 2.75) is 57.8 Å². The van der Waals surface area contributed by atoms with Gasteiger partial charge < -0.3 is 20.6 Å². The first-order valence-electron chi connectivity index (χ1n) is 10.5. The molecule has 0 saturated carbocycles. The number of unbranched alkanes of at least 4 members (excludes halogenated alkanes) is 1. The van der Waals surface area contributed by atoms with Crippen LogP contribution in [0.4, 0.5) is 0 Å². The monoisotopic (exact) mass is 427 g/mol. The van der Waals surface area contributed by atoms with E-state index in [1.165, 1.54) is 27.7 Å². The lowest BCUT2D eigenvalue weighted by atomic mass is 9.91. The van der Waals surface area contributed by atoms with E-state index in [0.717, 1.165) is 17.5 Å². The number of ketones is 2. The molecule has 0 aliphatic carbocycles. The van der Waals surface area contributed by atoms with Crippen LogP contribution in [-0.4, -0.2) is 51.2 Å². The smallest absolute Gasteiger partial charge is 0.193 e. The van der Waals surface area contributed by atoms with Gasteiger partial charge in [-0.2, -0.15) is 0 Å². The Morgan fingerprint density at radius 2 is 1.16 bits per heavy atom. The van der Waals surface area contributed by atoms with Crippen LogP contribution in [0.25, 0.3) is 0 Å². The summed E-state index contributed by atoms with van der Waals surface area (Å²) in [6.45, 7) is 6.67. The zero-order chi connectivity index (χ0) is 23.2. The molecule has 2 rings (SSSR count). The third-order valence-electron chi connectivity index (χ3n) is 5.06. The average Bonchev–Trinajstić information content (AvgIpc) is 2.72. The van der Waals surface area contributed by atoms with Crippen LogP contribution in [0.1, 0.15) is 78.4 Å². The SMILES string of the molecule is CC(C)(O)C(=O)c1ccc(C(NCCCCO)c2ccc(C(=O)C(C)(C)O)cc2)cc1. The number of benzene rings is 2. The Morgan fingerprint density at radius 3 is 1.48 bits per heavy atom. The summed E-state index contributed by atoms with van der Waals surface area (Å²) in [5.41, 5.74) is -0.156. The normalized spacial score (nSPS) is 12.3. The average molecular weight is 428 g/mol. The molecule has 0 spiro atoms. The van der Waals surface area contributed by atoms with E-state index in [9.17, 15) is 19.8 Å². The summed E-state index contributed by atoms with van der Waals surface area (Å²) in [5, 5.41) is 32.4. The highest BCUT2D eigenvalue weighted by atomic mass is 16.3. The first kappa shape index (κ1) is 24.9. The molecule has 6 nitrogen and oxygen atoms in total. The van der Waals surface area contributed by atoms with Crippen LogP contribution in [-0.2, 0) is 0 Å². The van der Waals surface area contributed by atoms with Crippen molar-refractivity contribution in [2.24, 2.45) is 0 Å². The van der Waals surface area contributed by atoms with Gasteiger partial charge in [-0.1, -0.05) is 48.5 Å². The molecule has 0 heterocycles. The zero-order valence-corrected chi connectivity index (χ0v) is 18.7. The number of aliphatic hydroxyl groups is 3. The number of Topliss-reactive ketones (excluding diaryl/α,β-unsaturated/α-hetero) is 2. The van der Waals surface area contributed by atoms with Gasteiger partial charge >= 0.3 is 0 Å². The molecule has 4 N–H and O–H groups in total. The van der Waals surface area contributed by atoms with E-state index in [1.54, 1.807) is 24.3 Å². The van der Waals surface area contributed by atoms with Gasteiger partial charge in [-0.25, -0.2) is 0 Å². The maximum Gasteiger partial charge on any atom is 0.193 e. The highest BCUT2D eigenvalue weighted by molar-refractivity contribution is 6.02. The molecule has 0 saturated heterocycles. The highest BCUT2D eigenvalue weighted by Crippen LogP contribution is 2.25. The molecule has 2 aromatic carbocycles. The zero-order valence-electron chi connectivity index (χ0n) is 18.7. The van der Waals surface area contributed by atoms with Crippen LogP contribution in [0.3, 0.4) is 0 Å². The third kappa shape index (κ3) is 6.80. The largest absolute Gasteiger partial charge is 0.396 e. The molecule has 0 radical (unpaired) electrons. The lowest BCUT2D eigenvalue weighted by Crippen LogP contribution is -2.31. The van der Waals surface area contributed by atoms with Crippen molar-refractivity contribution in [1.82, 2.24) is 5.32 Å². The molecular weight excluding hydrogens is 394 g/mol. The molecule has 6 heteroatoms. The molecule has 0 bridgehead atoms. The number of carbonyl (C=O) groups is 2. The minimum absolute atomic E-state index is 0.133. The topological polar surface area (TPSA) is 107 Å². The number of hydrogen-bond acceptors (Lipinski definition) is 6. The van der Waals surface area contributed by atoms with Gasteiger partial charge in [0.1, 0.15) is 11.2 Å². The van der Waals surface area contributed by atoms with Crippen molar-refractivity contribution < 1.29 is 24.9 Å². The number of aliphatic hydroxyl groups excluding tert-OH is 1. The second kappa shape index (κ2) is 10.3. The molecular formula is C25H33NO5. The Kier molecular flexibility index (Phi) is 8.26. The van der Waals surface area contributed by atoms with Gasteiger partial charge in [0.15, 0.2) is 11.6 Å². The lowest BCUT2D eigenvalue weighted by Gasteiger charge is -2.22. The van der Waals surface area contributed by atoms with Gasteiger partial charge in [-0.05, 0) is 58.2 Å². The van der Waals surface area contributed by atoms with E-state index in [1.807, 2.05) is 24.3 Å². The van der Waals surface area contributed by atoms with Crippen molar-refractivity contribution in [1.29, 1.82) is 0 Å². The maximum absolute atomic E-state index is 12.3. The number of carbonyl (C=O) groups excluding carboxylic acids is 2. The summed E-state index contributed by atoms with van der Waals surface area (Å²) in [4.78, 5) is 24.6. The summed E-state index contributed by atoms with van der Waals surface area (Å²) >= 11 is 0. The van der Waals surface area contributed by atoms with Gasteiger partial charge in [-0.15, -0.1) is 0 Å². The third-order valence-corrected chi connectivity index (χ3v) is 5.06. The van der Waals surface area contributed by atoms with E-state index in [-0.39, 0.29) is 24.2 Å². The number of nitrogens with one attached hydrogen (secondary N) is 1. The van der Waals surface area contributed by atoms with Gasteiger partial charge in [0.2, 0.25) is 0 Å². The predicted molar refractivity (Wildman–Crippen MR) is 120 cm³/mol. The molecule has 0 unspecified atom stereocenters. The quantitative estimate of drug-likeness (QED) is 0.324. The van der Waals surface area contributed by atoms with Crippen LogP contribution in [0, 0.1) is 0 Å². The van der Waals surface area contributed by atoms with Gasteiger partial charge in [0.25, 0.3) is 0 Å². The fourth-order valence-electron chi connectivity index (χ4n) is 3.27. The minimum atomic E-state index is -1.44. The lowest BCUT2D eigenvalue weighted by molar-refractivity contribution is 0.0487. The van der Waals surface area contributed by atoms with Crippen molar-refractivity contribution in [3.8, 4) is 0 Å². The first-order chi connectivity index (χ1) is 14.4. The van der Waals surface area contributed by atoms with E-state index < -0.39 is 11.2 Å². The van der Waals surface area contributed by atoms with E-state index in [0.29, 0.717) is 24.1 Å². The minimum Gasteiger partial charge on any atom is -0.396 e. The predicted octanol–water partition coefficient (Wildman–Crippen LogP) is 3.05. The van der Waals surface area contributed by atoms with Crippen LogP contribution < -0.4 is 5.32 Å². The summed E-state index contributed by atoms with van der Waals surface area (Å²) in [6.07, 6.45) is 1.50. The van der Waals surface area contributed by atoms with E-state index in [4.69, 9.17) is 5.11 Å². The summed E-state index contributed by atoms with van der Waals surface area (Å²) in [6, 6.07) is 14.0. The molecule has 0 aliphatic rings. The molecule has 0 aliphatic heterocycles. The number of hydrogen-bond donors (Lipinski definition) is 4. The Bertz CT molecular complexity index is 805. The Hall–Kier alpha value is -2.38.